The van der Waals surface area contributed by atoms with E-state index in [0.29, 0.717) is 13.1 Å². The molecule has 4 nitrogen and oxygen atoms in total. The van der Waals surface area contributed by atoms with E-state index in [1.54, 1.807) is 6.20 Å². The van der Waals surface area contributed by atoms with Gasteiger partial charge >= 0.3 is 5.97 Å². The molecule has 0 bridgehead atoms. The van der Waals surface area contributed by atoms with Crippen LogP contribution in [0.2, 0.25) is 0 Å². The molecule has 0 unspecified atom stereocenters. The summed E-state index contributed by atoms with van der Waals surface area (Å²) in [5.41, 5.74) is 0.532. The summed E-state index contributed by atoms with van der Waals surface area (Å²) in [5.74, 6) is -0.656. The number of rotatable bonds is 5. The highest BCUT2D eigenvalue weighted by Crippen LogP contribution is 2.34. The Hall–Kier alpha value is -1.42. The molecule has 92 valence electrons. The molecule has 0 amide bonds. The van der Waals surface area contributed by atoms with Crippen LogP contribution in [-0.4, -0.2) is 41.1 Å². The molecule has 17 heavy (non-hydrogen) atoms. The summed E-state index contributed by atoms with van der Waals surface area (Å²) in [6.07, 6.45) is 4.26. The molecule has 0 radical (unpaired) electrons. The van der Waals surface area contributed by atoms with Crippen molar-refractivity contribution in [2.45, 2.75) is 19.3 Å². The van der Waals surface area contributed by atoms with Gasteiger partial charge in [0.2, 0.25) is 0 Å². The van der Waals surface area contributed by atoms with Crippen molar-refractivity contribution in [3.05, 3.63) is 30.1 Å². The normalized spacial score (nSPS) is 18.6. The second-order valence-electron chi connectivity index (χ2n) is 4.93. The highest BCUT2D eigenvalue weighted by atomic mass is 16.4. The average molecular weight is 234 g/mol. The van der Waals surface area contributed by atoms with Gasteiger partial charge in [-0.05, 0) is 38.4 Å². The molecule has 1 aromatic heterocycles. The van der Waals surface area contributed by atoms with Crippen LogP contribution in [0.1, 0.15) is 18.5 Å². The van der Waals surface area contributed by atoms with Crippen LogP contribution in [0.4, 0.5) is 0 Å². The number of likely N-dealkylation sites (tertiary alicyclic amines) is 1. The molecular formula is C13H18N2O2. The number of aryl methyl sites for hydroxylation is 1. The van der Waals surface area contributed by atoms with E-state index >= 15 is 0 Å². The van der Waals surface area contributed by atoms with Crippen LogP contribution in [0.5, 0.6) is 0 Å². The van der Waals surface area contributed by atoms with E-state index in [1.165, 1.54) is 0 Å². The lowest BCUT2D eigenvalue weighted by Gasteiger charge is -2.45. The second kappa shape index (κ2) is 4.84. The molecule has 0 spiro atoms. The molecule has 0 aromatic carbocycles. The van der Waals surface area contributed by atoms with Crippen molar-refractivity contribution < 1.29 is 9.90 Å². The molecule has 1 aromatic rings. The number of hydrogen-bond donors (Lipinski definition) is 1. The number of carboxylic acid groups (broad SMARTS) is 1. The molecule has 4 heteroatoms. The van der Waals surface area contributed by atoms with Gasteiger partial charge in [-0.25, -0.2) is 0 Å². The fraction of sp³-hybridized carbons (Fsp3) is 0.538. The van der Waals surface area contributed by atoms with Crippen molar-refractivity contribution in [1.82, 2.24) is 9.88 Å². The van der Waals surface area contributed by atoms with Crippen LogP contribution in [-0.2, 0) is 11.2 Å². The highest BCUT2D eigenvalue weighted by Gasteiger charge is 2.47. The van der Waals surface area contributed by atoms with Gasteiger partial charge in [-0.1, -0.05) is 6.07 Å². The first-order valence-electron chi connectivity index (χ1n) is 5.94. The van der Waals surface area contributed by atoms with E-state index in [0.717, 1.165) is 25.0 Å². The van der Waals surface area contributed by atoms with E-state index in [-0.39, 0.29) is 0 Å². The summed E-state index contributed by atoms with van der Waals surface area (Å²) in [5, 5.41) is 9.26. The molecule has 2 rings (SSSR count). The van der Waals surface area contributed by atoms with Crippen LogP contribution in [0.3, 0.4) is 0 Å². The van der Waals surface area contributed by atoms with Crippen molar-refractivity contribution in [1.29, 1.82) is 0 Å². The zero-order valence-electron chi connectivity index (χ0n) is 10.1. The molecule has 1 saturated heterocycles. The van der Waals surface area contributed by atoms with Gasteiger partial charge in [0.05, 0.1) is 5.41 Å². The molecular weight excluding hydrogens is 216 g/mol. The Bertz CT molecular complexity index is 386. The maximum atomic E-state index is 11.2. The fourth-order valence-electron chi connectivity index (χ4n) is 2.54. The molecule has 0 aliphatic carbocycles. The van der Waals surface area contributed by atoms with Gasteiger partial charge in [-0.2, -0.15) is 0 Å². The zero-order valence-corrected chi connectivity index (χ0v) is 10.1. The van der Waals surface area contributed by atoms with E-state index in [1.807, 2.05) is 25.2 Å². The van der Waals surface area contributed by atoms with Crippen LogP contribution in [0.15, 0.2) is 24.4 Å². The van der Waals surface area contributed by atoms with Gasteiger partial charge in [-0.15, -0.1) is 0 Å². The van der Waals surface area contributed by atoms with E-state index in [9.17, 15) is 9.90 Å². The minimum atomic E-state index is -0.656. The smallest absolute Gasteiger partial charge is 0.312 e. The predicted octanol–water partition coefficient (Wildman–Crippen LogP) is 1.42. The SMILES string of the molecule is CN1CC(CCCc2ccccn2)(C(=O)O)C1. The number of hydrogen-bond acceptors (Lipinski definition) is 3. The fourth-order valence-corrected chi connectivity index (χ4v) is 2.54. The molecule has 1 aliphatic rings. The average Bonchev–Trinajstić information content (AvgIpc) is 2.27. The maximum absolute atomic E-state index is 11.2. The first-order valence-corrected chi connectivity index (χ1v) is 5.94. The molecule has 0 atom stereocenters. The lowest BCUT2D eigenvalue weighted by Crippen LogP contribution is -2.58. The Morgan fingerprint density at radius 2 is 2.29 bits per heavy atom. The van der Waals surface area contributed by atoms with Crippen LogP contribution in [0, 0.1) is 5.41 Å². The van der Waals surface area contributed by atoms with Crippen LogP contribution < -0.4 is 0 Å². The lowest BCUT2D eigenvalue weighted by atomic mass is 9.76. The second-order valence-corrected chi connectivity index (χ2v) is 4.93. The molecule has 1 aliphatic heterocycles. The van der Waals surface area contributed by atoms with Crippen LogP contribution >= 0.6 is 0 Å². The molecule has 1 N–H and O–H groups in total. The summed E-state index contributed by atoms with van der Waals surface area (Å²) < 4.78 is 0. The molecule has 2 heterocycles. The highest BCUT2D eigenvalue weighted by molar-refractivity contribution is 5.76. The van der Waals surface area contributed by atoms with Crippen molar-refractivity contribution in [3.63, 3.8) is 0 Å². The van der Waals surface area contributed by atoms with Gasteiger partial charge in [0, 0.05) is 25.0 Å². The van der Waals surface area contributed by atoms with Gasteiger partial charge in [0.1, 0.15) is 0 Å². The third kappa shape index (κ3) is 2.64. The summed E-state index contributed by atoms with van der Waals surface area (Å²) in [4.78, 5) is 17.5. The third-order valence-corrected chi connectivity index (χ3v) is 3.41. The number of carboxylic acids is 1. The first-order chi connectivity index (χ1) is 8.12. The topological polar surface area (TPSA) is 53.4 Å². The van der Waals surface area contributed by atoms with E-state index in [2.05, 4.69) is 9.88 Å². The maximum Gasteiger partial charge on any atom is 0.312 e. The van der Waals surface area contributed by atoms with Gasteiger partial charge in [0.25, 0.3) is 0 Å². The Morgan fingerprint density at radius 1 is 1.53 bits per heavy atom. The number of nitrogens with zero attached hydrogens (tertiary/aromatic N) is 2. The number of aromatic nitrogens is 1. The minimum Gasteiger partial charge on any atom is -0.481 e. The predicted molar refractivity (Wildman–Crippen MR) is 64.7 cm³/mol. The summed E-state index contributed by atoms with van der Waals surface area (Å²) in [7, 11) is 1.96. The van der Waals surface area contributed by atoms with Gasteiger partial charge in [-0.3, -0.25) is 9.78 Å². The number of aliphatic carboxylic acids is 1. The Balaban J connectivity index is 1.83. The number of pyridine rings is 1. The van der Waals surface area contributed by atoms with Crippen molar-refractivity contribution >= 4 is 5.97 Å². The van der Waals surface area contributed by atoms with Gasteiger partial charge in [0.15, 0.2) is 0 Å². The first kappa shape index (κ1) is 12.0. The van der Waals surface area contributed by atoms with Crippen molar-refractivity contribution in [2.24, 2.45) is 5.41 Å². The quantitative estimate of drug-likeness (QED) is 0.837. The van der Waals surface area contributed by atoms with Crippen LogP contribution in [0.25, 0.3) is 0 Å². The third-order valence-electron chi connectivity index (χ3n) is 3.41. The molecule has 1 fully saturated rings. The van der Waals surface area contributed by atoms with Crippen molar-refractivity contribution in [3.8, 4) is 0 Å². The lowest BCUT2D eigenvalue weighted by molar-refractivity contribution is -0.160. The Kier molecular flexibility index (Phi) is 3.43. The largest absolute Gasteiger partial charge is 0.481 e. The monoisotopic (exact) mass is 234 g/mol. The summed E-state index contributed by atoms with van der Waals surface area (Å²) in [6.45, 7) is 1.34. The number of carbonyl (C=O) groups is 1. The zero-order chi connectivity index (χ0) is 12.3. The molecule has 0 saturated carbocycles. The minimum absolute atomic E-state index is 0.510. The summed E-state index contributed by atoms with van der Waals surface area (Å²) >= 11 is 0. The van der Waals surface area contributed by atoms with E-state index in [4.69, 9.17) is 0 Å². The summed E-state index contributed by atoms with van der Waals surface area (Å²) in [6, 6.07) is 5.84. The van der Waals surface area contributed by atoms with Gasteiger partial charge < -0.3 is 10.0 Å². The Labute approximate surface area is 101 Å². The van der Waals surface area contributed by atoms with E-state index < -0.39 is 11.4 Å². The Morgan fingerprint density at radius 3 is 2.82 bits per heavy atom. The standard InChI is InChI=1S/C13H18N2O2/c1-15-9-13(10-15,12(16)17)7-4-6-11-5-2-3-8-14-11/h2-3,5,8H,4,6-7,9-10H2,1H3,(H,16,17). The van der Waals surface area contributed by atoms with Crippen molar-refractivity contribution in [2.75, 3.05) is 20.1 Å².